The number of carbonyl (C=O) groups excluding carboxylic acids is 2. The van der Waals surface area contributed by atoms with Gasteiger partial charge in [-0.2, -0.15) is 0 Å². The van der Waals surface area contributed by atoms with Gasteiger partial charge in [-0.3, -0.25) is 9.59 Å². The highest BCUT2D eigenvalue weighted by Gasteiger charge is 2.42. The first-order valence-electron chi connectivity index (χ1n) is 12.1. The van der Waals surface area contributed by atoms with Crippen molar-refractivity contribution in [3.63, 3.8) is 0 Å². The molecule has 2 saturated heterocycles. The molecule has 0 aliphatic carbocycles. The molecule has 0 saturated carbocycles. The van der Waals surface area contributed by atoms with Crippen molar-refractivity contribution < 1.29 is 23.8 Å². The van der Waals surface area contributed by atoms with Gasteiger partial charge in [0, 0.05) is 50.0 Å². The maximum absolute atomic E-state index is 13.2. The van der Waals surface area contributed by atoms with E-state index in [1.54, 1.807) is 34.5 Å². The lowest BCUT2D eigenvalue weighted by atomic mass is 9.96. The Morgan fingerprint density at radius 1 is 1.14 bits per heavy atom. The van der Waals surface area contributed by atoms with Crippen molar-refractivity contribution in [2.24, 2.45) is 0 Å². The van der Waals surface area contributed by atoms with Crippen LogP contribution in [0.1, 0.15) is 24.8 Å². The van der Waals surface area contributed by atoms with Crippen LogP contribution in [0.15, 0.2) is 36.9 Å². The zero-order valence-corrected chi connectivity index (χ0v) is 20.9. The van der Waals surface area contributed by atoms with Crippen molar-refractivity contribution >= 4 is 23.4 Å². The van der Waals surface area contributed by atoms with Crippen LogP contribution in [0.3, 0.4) is 0 Å². The van der Waals surface area contributed by atoms with Gasteiger partial charge < -0.3 is 28.6 Å². The number of amides is 2. The van der Waals surface area contributed by atoms with Crippen LogP contribution in [-0.2, 0) is 25.6 Å². The number of aryl methyl sites for hydroxylation is 2. The number of aromatic nitrogens is 2. The molecule has 4 rings (SSSR count). The predicted octanol–water partition coefficient (Wildman–Crippen LogP) is 2.55. The van der Waals surface area contributed by atoms with Gasteiger partial charge in [0.25, 0.3) is 0 Å². The fourth-order valence-electron chi connectivity index (χ4n) is 4.41. The molecule has 2 amide bonds. The maximum Gasteiger partial charge on any atom is 0.225 e. The number of rotatable bonds is 9. The minimum Gasteiger partial charge on any atom is -0.490 e. The molecule has 1 aromatic heterocycles. The van der Waals surface area contributed by atoms with E-state index in [1.807, 2.05) is 23.8 Å². The summed E-state index contributed by atoms with van der Waals surface area (Å²) in [4.78, 5) is 33.8. The Bertz CT molecular complexity index is 996. The summed E-state index contributed by atoms with van der Waals surface area (Å²) in [6.07, 6.45) is 6.63. The molecule has 9 nitrogen and oxygen atoms in total. The lowest BCUT2D eigenvalue weighted by Crippen LogP contribution is -2.58. The summed E-state index contributed by atoms with van der Waals surface area (Å²) in [6, 6.07) is 5.45. The fraction of sp³-hybridized carbons (Fsp3) is 0.560. The number of imidazole rings is 1. The summed E-state index contributed by atoms with van der Waals surface area (Å²) < 4.78 is 19.7. The number of hydrogen-bond acceptors (Lipinski definition) is 6. The number of halogens is 1. The summed E-state index contributed by atoms with van der Waals surface area (Å²) in [5.41, 5.74) is -0.0249. The molecule has 0 radical (unpaired) electrons. The third-order valence-corrected chi connectivity index (χ3v) is 6.86. The van der Waals surface area contributed by atoms with E-state index >= 15 is 0 Å². The highest BCUT2D eigenvalue weighted by Crippen LogP contribution is 2.28. The molecular formula is C25H33ClN4O5. The van der Waals surface area contributed by atoms with Crippen molar-refractivity contribution in [2.75, 3.05) is 52.6 Å². The molecule has 10 heteroatoms. The lowest BCUT2D eigenvalue weighted by Gasteiger charge is -2.43. The Morgan fingerprint density at radius 2 is 1.94 bits per heavy atom. The molecule has 0 N–H and O–H groups in total. The summed E-state index contributed by atoms with van der Waals surface area (Å²) in [7, 11) is 0. The van der Waals surface area contributed by atoms with Crippen molar-refractivity contribution in [2.45, 2.75) is 38.3 Å². The number of ether oxygens (including phenoxy) is 3. The Hall–Kier alpha value is -2.62. The highest BCUT2D eigenvalue weighted by molar-refractivity contribution is 6.31. The summed E-state index contributed by atoms with van der Waals surface area (Å²) in [5, 5.41) is 0.663. The normalized spacial score (nSPS) is 20.6. The van der Waals surface area contributed by atoms with Gasteiger partial charge >= 0.3 is 0 Å². The standard InChI is InChI=1S/C25H33ClN4O5/c1-20-15-21(4-5-22(20)26)34-18-25(16-24(32)29-9-12-33-13-10-29)17-30(11-14-35-25)23(31)3-2-7-28-8-6-27-19-28/h4-6,8,15,19H,2-3,7,9-14,16-18H2,1H3. The van der Waals surface area contributed by atoms with Gasteiger partial charge in [-0.15, -0.1) is 0 Å². The van der Waals surface area contributed by atoms with Gasteiger partial charge in [0.2, 0.25) is 11.8 Å². The second-order valence-electron chi connectivity index (χ2n) is 9.12. The Kier molecular flexibility index (Phi) is 8.64. The van der Waals surface area contributed by atoms with Crippen molar-refractivity contribution in [1.29, 1.82) is 0 Å². The molecule has 190 valence electrons. The van der Waals surface area contributed by atoms with Gasteiger partial charge in [-0.05, 0) is 37.1 Å². The number of benzene rings is 1. The van der Waals surface area contributed by atoms with Crippen LogP contribution in [0.4, 0.5) is 0 Å². The third-order valence-electron chi connectivity index (χ3n) is 6.44. The van der Waals surface area contributed by atoms with Crippen molar-refractivity contribution in [3.05, 3.63) is 47.5 Å². The monoisotopic (exact) mass is 504 g/mol. The lowest BCUT2D eigenvalue weighted by molar-refractivity contribution is -0.167. The maximum atomic E-state index is 13.2. The first-order chi connectivity index (χ1) is 16.9. The van der Waals surface area contributed by atoms with Crippen LogP contribution in [0.25, 0.3) is 0 Å². The van der Waals surface area contributed by atoms with Gasteiger partial charge in [-0.25, -0.2) is 4.98 Å². The molecule has 35 heavy (non-hydrogen) atoms. The number of carbonyl (C=O) groups is 2. The summed E-state index contributed by atoms with van der Waals surface area (Å²) >= 11 is 6.15. The quantitative estimate of drug-likeness (QED) is 0.521. The average molecular weight is 505 g/mol. The van der Waals surface area contributed by atoms with Gasteiger partial charge in [0.05, 0.1) is 39.1 Å². The second-order valence-corrected chi connectivity index (χ2v) is 9.53. The molecular weight excluding hydrogens is 472 g/mol. The van der Waals surface area contributed by atoms with E-state index in [9.17, 15) is 9.59 Å². The Balaban J connectivity index is 1.43. The molecule has 0 spiro atoms. The number of nitrogens with zero attached hydrogens (tertiary/aromatic N) is 4. The van der Waals surface area contributed by atoms with Crippen LogP contribution in [-0.4, -0.2) is 89.4 Å². The van der Waals surface area contributed by atoms with Crippen LogP contribution in [0.5, 0.6) is 5.75 Å². The van der Waals surface area contributed by atoms with Crippen LogP contribution in [0, 0.1) is 6.92 Å². The van der Waals surface area contributed by atoms with Crippen LogP contribution >= 0.6 is 11.6 Å². The number of morpholine rings is 2. The largest absolute Gasteiger partial charge is 0.490 e. The summed E-state index contributed by atoms with van der Waals surface area (Å²) in [6.45, 7) is 6.13. The predicted molar refractivity (Wildman–Crippen MR) is 130 cm³/mol. The number of hydrogen-bond donors (Lipinski definition) is 0. The zero-order chi connectivity index (χ0) is 24.7. The molecule has 1 atom stereocenters. The van der Waals surface area contributed by atoms with E-state index in [0.717, 1.165) is 12.1 Å². The van der Waals surface area contributed by atoms with E-state index in [2.05, 4.69) is 4.98 Å². The minimum absolute atomic E-state index is 0.0152. The Morgan fingerprint density at radius 3 is 2.69 bits per heavy atom. The molecule has 2 aromatic rings. The van der Waals surface area contributed by atoms with Gasteiger partial charge in [-0.1, -0.05) is 11.6 Å². The average Bonchev–Trinajstić information content (AvgIpc) is 3.39. The molecule has 1 aromatic carbocycles. The SMILES string of the molecule is Cc1cc(OCC2(CC(=O)N3CCOCC3)CN(C(=O)CCCn3ccnc3)CCO2)ccc1Cl. The smallest absolute Gasteiger partial charge is 0.225 e. The third kappa shape index (κ3) is 6.96. The van der Waals surface area contributed by atoms with E-state index in [-0.39, 0.29) is 24.8 Å². The van der Waals surface area contributed by atoms with Crippen molar-refractivity contribution in [1.82, 2.24) is 19.4 Å². The molecule has 3 heterocycles. The van der Waals surface area contributed by atoms with E-state index in [0.29, 0.717) is 69.6 Å². The first kappa shape index (κ1) is 25.5. The second kappa shape index (κ2) is 11.9. The molecule has 2 fully saturated rings. The molecule has 2 aliphatic heterocycles. The highest BCUT2D eigenvalue weighted by atomic mass is 35.5. The topological polar surface area (TPSA) is 86.1 Å². The van der Waals surface area contributed by atoms with E-state index in [4.69, 9.17) is 25.8 Å². The van der Waals surface area contributed by atoms with E-state index in [1.165, 1.54) is 0 Å². The van der Waals surface area contributed by atoms with Crippen LogP contribution in [0.2, 0.25) is 5.02 Å². The van der Waals surface area contributed by atoms with Crippen LogP contribution < -0.4 is 4.74 Å². The van der Waals surface area contributed by atoms with E-state index < -0.39 is 5.60 Å². The molecule has 1 unspecified atom stereocenters. The zero-order valence-electron chi connectivity index (χ0n) is 20.2. The van der Waals surface area contributed by atoms with Gasteiger partial charge in [0.15, 0.2) is 0 Å². The molecule has 2 aliphatic rings. The van der Waals surface area contributed by atoms with Gasteiger partial charge in [0.1, 0.15) is 18.0 Å². The minimum atomic E-state index is -0.929. The van der Waals surface area contributed by atoms with Crippen molar-refractivity contribution in [3.8, 4) is 5.75 Å². The summed E-state index contributed by atoms with van der Waals surface area (Å²) in [5.74, 6) is 0.690. The fourth-order valence-corrected chi connectivity index (χ4v) is 4.53. The Labute approximate surface area is 210 Å². The first-order valence-corrected chi connectivity index (χ1v) is 12.4. The molecule has 0 bridgehead atoms.